The van der Waals surface area contributed by atoms with E-state index in [1.54, 1.807) is 14.2 Å². The fourth-order valence-corrected chi connectivity index (χ4v) is 1.60. The summed E-state index contributed by atoms with van der Waals surface area (Å²) < 4.78 is 10.4. The van der Waals surface area contributed by atoms with Crippen molar-refractivity contribution in [3.63, 3.8) is 0 Å². The molecule has 1 aromatic rings. The lowest BCUT2D eigenvalue weighted by atomic mass is 10.3. The molecule has 0 aliphatic carbocycles. The van der Waals surface area contributed by atoms with E-state index in [1.807, 2.05) is 25.2 Å². The number of methoxy groups -OCH3 is 2. The number of nitrogens with one attached hydrogen (secondary N) is 1. The van der Waals surface area contributed by atoms with Gasteiger partial charge in [0, 0.05) is 18.3 Å². The highest BCUT2D eigenvalue weighted by molar-refractivity contribution is 5.92. The summed E-state index contributed by atoms with van der Waals surface area (Å²) in [4.78, 5) is 6.45. The molecule has 0 heterocycles. The minimum Gasteiger partial charge on any atom is -0.493 e. The Morgan fingerprint density at radius 3 is 2.60 bits per heavy atom. The average Bonchev–Trinajstić information content (AvgIpc) is 2.46. The number of benzene rings is 1. The summed E-state index contributed by atoms with van der Waals surface area (Å²) in [6, 6.07) is 5.50. The standard InChI is InChI=1S/C14H24N4O2/c1-5-18(2)9-8-16-14(15)17-11-6-7-12(19-3)13(10-11)20-4/h6-7,10H,5,8-9H2,1-4H3,(H3,15,16,17). The van der Waals surface area contributed by atoms with E-state index in [4.69, 9.17) is 15.2 Å². The Kier molecular flexibility index (Phi) is 6.66. The molecule has 0 atom stereocenters. The molecule has 0 unspecified atom stereocenters. The number of likely N-dealkylation sites (N-methyl/N-ethyl adjacent to an activating group) is 1. The van der Waals surface area contributed by atoms with Gasteiger partial charge < -0.3 is 25.4 Å². The van der Waals surface area contributed by atoms with Gasteiger partial charge in [-0.2, -0.15) is 0 Å². The maximum atomic E-state index is 5.84. The lowest BCUT2D eigenvalue weighted by Gasteiger charge is -2.13. The Bertz CT molecular complexity index is 449. The molecule has 6 heteroatoms. The topological polar surface area (TPSA) is 72.1 Å². The largest absolute Gasteiger partial charge is 0.493 e. The summed E-state index contributed by atoms with van der Waals surface area (Å²) in [5.74, 6) is 1.72. The number of rotatable bonds is 7. The SMILES string of the molecule is CCN(C)CCN=C(N)Nc1ccc(OC)c(OC)c1. The molecule has 0 bridgehead atoms. The van der Waals surface area contributed by atoms with E-state index >= 15 is 0 Å². The van der Waals surface area contributed by atoms with Gasteiger partial charge in [0.2, 0.25) is 0 Å². The maximum Gasteiger partial charge on any atom is 0.193 e. The van der Waals surface area contributed by atoms with Crippen molar-refractivity contribution < 1.29 is 9.47 Å². The van der Waals surface area contributed by atoms with Crippen LogP contribution in [0.15, 0.2) is 23.2 Å². The summed E-state index contributed by atoms with van der Waals surface area (Å²) in [6.07, 6.45) is 0. The van der Waals surface area contributed by atoms with E-state index in [1.165, 1.54) is 0 Å². The molecule has 3 N–H and O–H groups in total. The number of aliphatic imine (C=N–C) groups is 1. The second-order valence-corrected chi connectivity index (χ2v) is 4.36. The minimum atomic E-state index is 0.390. The third kappa shape index (κ3) is 4.97. The monoisotopic (exact) mass is 280 g/mol. The van der Waals surface area contributed by atoms with E-state index in [0.29, 0.717) is 24.0 Å². The summed E-state index contributed by atoms with van der Waals surface area (Å²) in [6.45, 7) is 4.65. The van der Waals surface area contributed by atoms with Crippen molar-refractivity contribution in [1.82, 2.24) is 4.90 Å². The van der Waals surface area contributed by atoms with Crippen LogP contribution in [0.3, 0.4) is 0 Å². The van der Waals surface area contributed by atoms with Crippen LogP contribution in [0.5, 0.6) is 11.5 Å². The van der Waals surface area contributed by atoms with Crippen molar-refractivity contribution in [2.45, 2.75) is 6.92 Å². The Labute approximate surface area is 120 Å². The molecule has 0 saturated carbocycles. The number of nitrogens with two attached hydrogens (primary N) is 1. The summed E-state index contributed by atoms with van der Waals surface area (Å²) in [5.41, 5.74) is 6.66. The van der Waals surface area contributed by atoms with Crippen LogP contribution < -0.4 is 20.5 Å². The van der Waals surface area contributed by atoms with Gasteiger partial charge >= 0.3 is 0 Å². The normalized spacial score (nSPS) is 11.6. The first-order valence-corrected chi connectivity index (χ1v) is 6.58. The number of anilines is 1. The zero-order valence-electron chi connectivity index (χ0n) is 12.6. The van der Waals surface area contributed by atoms with Crippen molar-refractivity contribution in [3.8, 4) is 11.5 Å². The lowest BCUT2D eigenvalue weighted by Crippen LogP contribution is -2.26. The molecule has 0 amide bonds. The molecule has 0 fully saturated rings. The van der Waals surface area contributed by atoms with Gasteiger partial charge in [-0.1, -0.05) is 6.92 Å². The molecule has 0 spiro atoms. The quantitative estimate of drug-likeness (QED) is 0.583. The first-order chi connectivity index (χ1) is 9.60. The maximum absolute atomic E-state index is 5.84. The van der Waals surface area contributed by atoms with Crippen molar-refractivity contribution in [2.75, 3.05) is 46.2 Å². The number of ether oxygens (including phenoxy) is 2. The minimum absolute atomic E-state index is 0.390. The highest BCUT2D eigenvalue weighted by atomic mass is 16.5. The first kappa shape index (κ1) is 16.1. The summed E-state index contributed by atoms with van der Waals surface area (Å²) in [5, 5.41) is 3.03. The third-order valence-corrected chi connectivity index (χ3v) is 2.96. The van der Waals surface area contributed by atoms with E-state index in [2.05, 4.69) is 22.1 Å². The predicted octanol–water partition coefficient (Wildman–Crippen LogP) is 1.38. The fraction of sp³-hybridized carbons (Fsp3) is 0.500. The molecular weight excluding hydrogens is 256 g/mol. The number of nitrogens with zero attached hydrogens (tertiary/aromatic N) is 2. The molecule has 0 aromatic heterocycles. The van der Waals surface area contributed by atoms with Crippen molar-refractivity contribution in [2.24, 2.45) is 10.7 Å². The van der Waals surface area contributed by atoms with Crippen molar-refractivity contribution >= 4 is 11.6 Å². The third-order valence-electron chi connectivity index (χ3n) is 2.96. The van der Waals surface area contributed by atoms with E-state index in [-0.39, 0.29) is 0 Å². The van der Waals surface area contributed by atoms with Crippen LogP contribution in [0.4, 0.5) is 5.69 Å². The zero-order chi connectivity index (χ0) is 15.0. The number of guanidine groups is 1. The Morgan fingerprint density at radius 1 is 1.30 bits per heavy atom. The second-order valence-electron chi connectivity index (χ2n) is 4.36. The van der Waals surface area contributed by atoms with Gasteiger partial charge in [-0.05, 0) is 25.7 Å². The molecule has 1 aromatic carbocycles. The van der Waals surface area contributed by atoms with Crippen molar-refractivity contribution in [3.05, 3.63) is 18.2 Å². The zero-order valence-corrected chi connectivity index (χ0v) is 12.6. The second kappa shape index (κ2) is 8.27. The molecule has 0 aliphatic heterocycles. The summed E-state index contributed by atoms with van der Waals surface area (Å²) >= 11 is 0. The molecule has 0 aliphatic rings. The van der Waals surface area contributed by atoms with Crippen LogP contribution >= 0.6 is 0 Å². The Balaban J connectivity index is 2.61. The Hall–Kier alpha value is -1.95. The molecule has 6 nitrogen and oxygen atoms in total. The van der Waals surface area contributed by atoms with E-state index < -0.39 is 0 Å². The van der Waals surface area contributed by atoms with Gasteiger partial charge in [0.15, 0.2) is 17.5 Å². The molecule has 0 saturated heterocycles. The molecule has 112 valence electrons. The van der Waals surface area contributed by atoms with Gasteiger partial charge in [-0.3, -0.25) is 4.99 Å². The smallest absolute Gasteiger partial charge is 0.193 e. The predicted molar refractivity (Wildman–Crippen MR) is 82.8 cm³/mol. The highest BCUT2D eigenvalue weighted by Gasteiger charge is 2.04. The van der Waals surface area contributed by atoms with Crippen LogP contribution in [0.1, 0.15) is 6.92 Å². The Morgan fingerprint density at radius 2 is 2.00 bits per heavy atom. The van der Waals surface area contributed by atoms with Gasteiger partial charge in [-0.25, -0.2) is 0 Å². The van der Waals surface area contributed by atoms with Gasteiger partial charge in [0.25, 0.3) is 0 Å². The van der Waals surface area contributed by atoms with Crippen LogP contribution in [0.2, 0.25) is 0 Å². The summed E-state index contributed by atoms with van der Waals surface area (Å²) in [7, 11) is 5.25. The lowest BCUT2D eigenvalue weighted by molar-refractivity contribution is 0.355. The van der Waals surface area contributed by atoms with Gasteiger partial charge in [0.1, 0.15) is 0 Å². The number of hydrogen-bond acceptors (Lipinski definition) is 4. The van der Waals surface area contributed by atoms with Crippen molar-refractivity contribution in [1.29, 1.82) is 0 Å². The highest BCUT2D eigenvalue weighted by Crippen LogP contribution is 2.29. The average molecular weight is 280 g/mol. The molecule has 0 radical (unpaired) electrons. The first-order valence-electron chi connectivity index (χ1n) is 6.58. The molecule has 1 rings (SSSR count). The van der Waals surface area contributed by atoms with Crippen LogP contribution in [0, 0.1) is 0 Å². The molecule has 20 heavy (non-hydrogen) atoms. The van der Waals surface area contributed by atoms with Gasteiger partial charge in [-0.15, -0.1) is 0 Å². The van der Waals surface area contributed by atoms with Gasteiger partial charge in [0.05, 0.1) is 20.8 Å². The fourth-order valence-electron chi connectivity index (χ4n) is 1.60. The van der Waals surface area contributed by atoms with E-state index in [9.17, 15) is 0 Å². The number of hydrogen-bond donors (Lipinski definition) is 2. The van der Waals surface area contributed by atoms with Crippen LogP contribution in [-0.2, 0) is 0 Å². The molecular formula is C14H24N4O2. The van der Waals surface area contributed by atoms with Crippen LogP contribution in [-0.4, -0.2) is 51.8 Å². The van der Waals surface area contributed by atoms with Crippen LogP contribution in [0.25, 0.3) is 0 Å². The van der Waals surface area contributed by atoms with E-state index in [0.717, 1.165) is 18.8 Å².